The second kappa shape index (κ2) is 4.79. The van der Waals surface area contributed by atoms with E-state index >= 15 is 0 Å². The Morgan fingerprint density at radius 3 is 2.70 bits per heavy atom. The minimum Gasteiger partial charge on any atom is -0.381 e. The summed E-state index contributed by atoms with van der Waals surface area (Å²) in [7, 11) is 0. The number of hydrogen-bond donors (Lipinski definition) is 1. The van der Waals surface area contributed by atoms with E-state index in [1.54, 1.807) is 6.07 Å². The third kappa shape index (κ3) is 1.98. The molecule has 4 rings (SSSR count). The normalized spacial score (nSPS) is 36.9. The monoisotopic (exact) mass is 276 g/mol. The molecule has 108 valence electrons. The molecule has 0 saturated carbocycles. The van der Waals surface area contributed by atoms with Crippen molar-refractivity contribution in [3.63, 3.8) is 0 Å². The lowest BCUT2D eigenvalue weighted by Gasteiger charge is -2.37. The number of nitrogens with two attached hydrogens (primary N) is 1. The summed E-state index contributed by atoms with van der Waals surface area (Å²) in [6.45, 7) is 4.04. The number of nitrogens with zero attached hydrogens (tertiary/aromatic N) is 1. The summed E-state index contributed by atoms with van der Waals surface area (Å²) in [5.41, 5.74) is 8.70. The number of ether oxygens (including phenoxy) is 1. The van der Waals surface area contributed by atoms with Gasteiger partial charge in [0.1, 0.15) is 5.82 Å². The Morgan fingerprint density at radius 2 is 1.95 bits per heavy atom. The Kier molecular flexibility index (Phi) is 3.05. The smallest absolute Gasteiger partial charge is 0.123 e. The first-order chi connectivity index (χ1) is 9.72. The molecule has 3 nitrogen and oxygen atoms in total. The van der Waals surface area contributed by atoms with Crippen LogP contribution in [-0.2, 0) is 11.2 Å². The number of benzene rings is 1. The van der Waals surface area contributed by atoms with Crippen LogP contribution in [-0.4, -0.2) is 37.2 Å². The predicted octanol–water partition coefficient (Wildman–Crippen LogP) is 1.72. The van der Waals surface area contributed by atoms with E-state index in [0.29, 0.717) is 17.9 Å². The Labute approximate surface area is 118 Å². The molecule has 4 atom stereocenters. The summed E-state index contributed by atoms with van der Waals surface area (Å²) in [6, 6.07) is 5.48. The molecule has 2 aliphatic heterocycles. The van der Waals surface area contributed by atoms with Crippen LogP contribution >= 0.6 is 0 Å². The van der Waals surface area contributed by atoms with Gasteiger partial charge in [0.05, 0.1) is 13.2 Å². The van der Waals surface area contributed by atoms with Gasteiger partial charge in [0, 0.05) is 37.0 Å². The number of hydrogen-bond acceptors (Lipinski definition) is 3. The molecule has 2 saturated heterocycles. The fraction of sp³-hybridized carbons (Fsp3) is 0.625. The van der Waals surface area contributed by atoms with Crippen molar-refractivity contribution in [1.29, 1.82) is 0 Å². The zero-order valence-electron chi connectivity index (χ0n) is 11.6. The zero-order valence-corrected chi connectivity index (χ0v) is 11.6. The molecule has 0 bridgehead atoms. The maximum absolute atomic E-state index is 13.3. The molecule has 2 fully saturated rings. The molecule has 0 aromatic heterocycles. The topological polar surface area (TPSA) is 38.5 Å². The molecule has 2 unspecified atom stereocenters. The molecule has 2 heterocycles. The minimum absolute atomic E-state index is 0.0131. The van der Waals surface area contributed by atoms with Gasteiger partial charge in [0.15, 0.2) is 0 Å². The summed E-state index contributed by atoms with van der Waals surface area (Å²) >= 11 is 0. The summed E-state index contributed by atoms with van der Waals surface area (Å²) in [4.78, 5) is 2.55. The third-order valence-corrected chi connectivity index (χ3v) is 5.33. The molecule has 0 amide bonds. The molecule has 1 aliphatic carbocycles. The second-order valence-corrected chi connectivity index (χ2v) is 6.49. The molecule has 3 aliphatic rings. The lowest BCUT2D eigenvalue weighted by atomic mass is 9.83. The standard InChI is InChI=1S/C16H21FN2O/c17-13-2-3-14-10(5-13)1-4-15(16(14)18)19-6-11-8-20-9-12(11)7-19/h2-3,5,11-12,15-16H,1,4,6-9,18H2/t11-,12+,15?,16?. The van der Waals surface area contributed by atoms with Crippen molar-refractivity contribution in [3.05, 3.63) is 35.1 Å². The van der Waals surface area contributed by atoms with Crippen molar-refractivity contribution in [2.75, 3.05) is 26.3 Å². The molecule has 1 aromatic carbocycles. The highest BCUT2D eigenvalue weighted by molar-refractivity contribution is 5.34. The molecule has 20 heavy (non-hydrogen) atoms. The maximum atomic E-state index is 13.3. The fourth-order valence-corrected chi connectivity index (χ4v) is 4.21. The van der Waals surface area contributed by atoms with Gasteiger partial charge in [0.25, 0.3) is 0 Å². The van der Waals surface area contributed by atoms with Gasteiger partial charge in [0.2, 0.25) is 0 Å². The van der Waals surface area contributed by atoms with Crippen molar-refractivity contribution in [3.8, 4) is 0 Å². The first kappa shape index (κ1) is 12.7. The van der Waals surface area contributed by atoms with Crippen LogP contribution in [0.25, 0.3) is 0 Å². The van der Waals surface area contributed by atoms with Crippen LogP contribution < -0.4 is 5.73 Å². The molecule has 0 spiro atoms. The van der Waals surface area contributed by atoms with Gasteiger partial charge in [-0.1, -0.05) is 6.07 Å². The molecule has 0 radical (unpaired) electrons. The Balaban J connectivity index is 1.55. The summed E-state index contributed by atoms with van der Waals surface area (Å²) < 4.78 is 18.9. The predicted molar refractivity (Wildman–Crippen MR) is 74.8 cm³/mol. The average molecular weight is 276 g/mol. The third-order valence-electron chi connectivity index (χ3n) is 5.33. The van der Waals surface area contributed by atoms with Crippen LogP contribution in [0.2, 0.25) is 0 Å². The summed E-state index contributed by atoms with van der Waals surface area (Å²) in [6.07, 6.45) is 1.98. The average Bonchev–Trinajstić information content (AvgIpc) is 2.99. The number of likely N-dealkylation sites (tertiary alicyclic amines) is 1. The lowest BCUT2D eigenvalue weighted by Crippen LogP contribution is -2.45. The van der Waals surface area contributed by atoms with Crippen molar-refractivity contribution in [1.82, 2.24) is 4.90 Å². The van der Waals surface area contributed by atoms with Crippen molar-refractivity contribution < 1.29 is 9.13 Å². The highest BCUT2D eigenvalue weighted by atomic mass is 19.1. The number of fused-ring (bicyclic) bond motifs is 2. The lowest BCUT2D eigenvalue weighted by molar-refractivity contribution is 0.124. The molecular weight excluding hydrogens is 255 g/mol. The van der Waals surface area contributed by atoms with Gasteiger partial charge >= 0.3 is 0 Å². The van der Waals surface area contributed by atoms with Gasteiger partial charge in [-0.2, -0.15) is 0 Å². The molecule has 1 aromatic rings. The fourth-order valence-electron chi connectivity index (χ4n) is 4.21. The number of aryl methyl sites for hydroxylation is 1. The van der Waals surface area contributed by atoms with Gasteiger partial charge in [-0.15, -0.1) is 0 Å². The highest BCUT2D eigenvalue weighted by Crippen LogP contribution is 2.37. The van der Waals surface area contributed by atoms with E-state index in [9.17, 15) is 4.39 Å². The summed E-state index contributed by atoms with van der Waals surface area (Å²) in [5, 5.41) is 0. The van der Waals surface area contributed by atoms with E-state index < -0.39 is 0 Å². The molecular formula is C16H21FN2O. The van der Waals surface area contributed by atoms with E-state index in [1.165, 1.54) is 6.07 Å². The van der Waals surface area contributed by atoms with Crippen LogP contribution in [0.5, 0.6) is 0 Å². The zero-order chi connectivity index (χ0) is 13.7. The van der Waals surface area contributed by atoms with E-state index in [1.807, 2.05) is 6.07 Å². The Bertz CT molecular complexity index is 509. The Hall–Kier alpha value is -0.970. The van der Waals surface area contributed by atoms with Crippen LogP contribution in [0.15, 0.2) is 18.2 Å². The van der Waals surface area contributed by atoms with Gasteiger partial charge in [-0.25, -0.2) is 4.39 Å². The van der Waals surface area contributed by atoms with Gasteiger partial charge < -0.3 is 10.5 Å². The van der Waals surface area contributed by atoms with Crippen molar-refractivity contribution >= 4 is 0 Å². The van der Waals surface area contributed by atoms with E-state index in [0.717, 1.165) is 50.3 Å². The van der Waals surface area contributed by atoms with Crippen molar-refractivity contribution in [2.45, 2.75) is 24.9 Å². The largest absolute Gasteiger partial charge is 0.381 e. The van der Waals surface area contributed by atoms with E-state index in [4.69, 9.17) is 10.5 Å². The van der Waals surface area contributed by atoms with Crippen LogP contribution in [0.4, 0.5) is 4.39 Å². The first-order valence-electron chi connectivity index (χ1n) is 7.58. The van der Waals surface area contributed by atoms with Crippen LogP contribution in [0.3, 0.4) is 0 Å². The van der Waals surface area contributed by atoms with E-state index in [-0.39, 0.29) is 11.9 Å². The molecule has 2 N–H and O–H groups in total. The minimum atomic E-state index is -0.151. The first-order valence-corrected chi connectivity index (χ1v) is 7.58. The van der Waals surface area contributed by atoms with Crippen LogP contribution in [0, 0.1) is 17.7 Å². The van der Waals surface area contributed by atoms with Gasteiger partial charge in [-0.3, -0.25) is 4.90 Å². The van der Waals surface area contributed by atoms with E-state index in [2.05, 4.69) is 4.90 Å². The number of halogens is 1. The summed E-state index contributed by atoms with van der Waals surface area (Å²) in [5.74, 6) is 1.23. The Morgan fingerprint density at radius 1 is 1.20 bits per heavy atom. The maximum Gasteiger partial charge on any atom is 0.123 e. The molecule has 4 heteroatoms. The SMILES string of the molecule is NC1c2ccc(F)cc2CCC1N1C[C@H]2COC[C@H]2C1. The highest BCUT2D eigenvalue weighted by Gasteiger charge is 2.42. The van der Waals surface area contributed by atoms with Crippen molar-refractivity contribution in [2.24, 2.45) is 17.6 Å². The number of rotatable bonds is 1. The second-order valence-electron chi connectivity index (χ2n) is 6.49. The quantitative estimate of drug-likeness (QED) is 0.849. The van der Waals surface area contributed by atoms with Gasteiger partial charge in [-0.05, 0) is 36.1 Å². The van der Waals surface area contributed by atoms with Crippen LogP contribution in [0.1, 0.15) is 23.6 Å².